The summed E-state index contributed by atoms with van der Waals surface area (Å²) in [5.41, 5.74) is 1.17. The van der Waals surface area contributed by atoms with Gasteiger partial charge >= 0.3 is 0 Å². The molecule has 0 bridgehead atoms. The van der Waals surface area contributed by atoms with Crippen LogP contribution in [0.4, 0.5) is 0 Å². The van der Waals surface area contributed by atoms with E-state index in [0.29, 0.717) is 19.3 Å². The van der Waals surface area contributed by atoms with Crippen LogP contribution in [-0.4, -0.2) is 51.4 Å². The van der Waals surface area contributed by atoms with Crippen LogP contribution in [0, 0.1) is 0 Å². The molecule has 1 fully saturated rings. The third kappa shape index (κ3) is 3.41. The van der Waals surface area contributed by atoms with E-state index in [0.717, 1.165) is 30.3 Å². The number of hydrogen-bond donors (Lipinski definition) is 1. The quantitative estimate of drug-likeness (QED) is 0.914. The highest BCUT2D eigenvalue weighted by Gasteiger charge is 2.20. The summed E-state index contributed by atoms with van der Waals surface area (Å²) in [6, 6.07) is 4.65. The molecule has 0 unspecified atom stereocenters. The zero-order valence-corrected chi connectivity index (χ0v) is 12.9. The molecular weight excluding hydrogens is 268 g/mol. The van der Waals surface area contributed by atoms with Crippen molar-refractivity contribution in [2.45, 2.75) is 25.4 Å². The Morgan fingerprint density at radius 2 is 2.19 bits per heavy atom. The van der Waals surface area contributed by atoms with Gasteiger partial charge in [-0.2, -0.15) is 0 Å². The Morgan fingerprint density at radius 3 is 3.00 bits per heavy atom. The molecule has 1 aromatic carbocycles. The minimum absolute atomic E-state index is 0.558. The van der Waals surface area contributed by atoms with E-state index in [1.807, 2.05) is 6.07 Å². The lowest BCUT2D eigenvalue weighted by atomic mass is 10.1. The molecule has 0 spiro atoms. The molecule has 0 aromatic heterocycles. The molecule has 21 heavy (non-hydrogen) atoms. The monoisotopic (exact) mass is 292 g/mol. The fourth-order valence-corrected chi connectivity index (χ4v) is 3.02. The molecule has 3 rings (SSSR count). The summed E-state index contributed by atoms with van der Waals surface area (Å²) < 4.78 is 16.7. The van der Waals surface area contributed by atoms with E-state index in [4.69, 9.17) is 14.2 Å². The number of nitrogens with one attached hydrogen (secondary N) is 1. The van der Waals surface area contributed by atoms with Crippen LogP contribution in [0.25, 0.3) is 0 Å². The van der Waals surface area contributed by atoms with Crippen molar-refractivity contribution >= 4 is 0 Å². The van der Waals surface area contributed by atoms with E-state index in [-0.39, 0.29) is 0 Å². The molecule has 2 aliphatic rings. The Bertz CT molecular complexity index is 475. The van der Waals surface area contributed by atoms with Crippen LogP contribution < -0.4 is 19.5 Å². The maximum atomic E-state index is 5.67. The first-order chi connectivity index (χ1) is 10.3. The molecule has 116 valence electrons. The van der Waals surface area contributed by atoms with Crippen LogP contribution in [0.15, 0.2) is 12.1 Å². The number of ether oxygens (including phenoxy) is 3. The second-order valence-corrected chi connectivity index (χ2v) is 5.80. The molecular formula is C16H24N2O3. The molecule has 0 saturated carbocycles. The van der Waals surface area contributed by atoms with Crippen molar-refractivity contribution in [2.24, 2.45) is 0 Å². The van der Waals surface area contributed by atoms with Gasteiger partial charge in [-0.25, -0.2) is 0 Å². The van der Waals surface area contributed by atoms with Gasteiger partial charge in [0.2, 0.25) is 5.75 Å². The molecule has 1 atom stereocenters. The number of fused-ring (bicyclic) bond motifs is 1. The van der Waals surface area contributed by atoms with Crippen LogP contribution in [0.1, 0.15) is 18.4 Å². The van der Waals surface area contributed by atoms with Gasteiger partial charge < -0.3 is 24.4 Å². The van der Waals surface area contributed by atoms with Gasteiger partial charge in [-0.05, 0) is 44.1 Å². The smallest absolute Gasteiger partial charge is 0.203 e. The lowest BCUT2D eigenvalue weighted by Crippen LogP contribution is -2.43. The number of likely N-dealkylation sites (N-methyl/N-ethyl adjacent to an activating group) is 1. The lowest BCUT2D eigenvalue weighted by Gasteiger charge is -2.30. The van der Waals surface area contributed by atoms with Gasteiger partial charge in [-0.1, -0.05) is 0 Å². The molecule has 1 aromatic rings. The third-order valence-electron chi connectivity index (χ3n) is 4.11. The van der Waals surface area contributed by atoms with Crippen molar-refractivity contribution in [2.75, 3.05) is 40.5 Å². The molecule has 0 radical (unpaired) electrons. The van der Waals surface area contributed by atoms with Gasteiger partial charge in [0.05, 0.1) is 7.11 Å². The minimum atomic E-state index is 0.558. The molecule has 5 heteroatoms. The standard InChI is InChI=1S/C16H24N2O3/c1-18-5-3-4-13(11-18)17-10-12-8-14(19-2)16-15(9-12)20-6-7-21-16/h8-9,13,17H,3-7,10-11H2,1-2H3/t13-/m1/s1. The number of benzene rings is 1. The highest BCUT2D eigenvalue weighted by molar-refractivity contribution is 5.54. The van der Waals surface area contributed by atoms with Gasteiger partial charge in [-0.3, -0.25) is 0 Å². The first-order valence-electron chi connectivity index (χ1n) is 7.64. The number of nitrogens with zero attached hydrogens (tertiary/aromatic N) is 1. The summed E-state index contributed by atoms with van der Waals surface area (Å²) in [5, 5.41) is 3.63. The summed E-state index contributed by atoms with van der Waals surface area (Å²) in [5.74, 6) is 2.27. The van der Waals surface area contributed by atoms with Crippen molar-refractivity contribution in [1.29, 1.82) is 0 Å². The largest absolute Gasteiger partial charge is 0.493 e. The first-order valence-corrected chi connectivity index (χ1v) is 7.64. The number of piperidine rings is 1. The topological polar surface area (TPSA) is 43.0 Å². The molecule has 1 saturated heterocycles. The summed E-state index contributed by atoms with van der Waals surface area (Å²) in [6.45, 7) is 4.32. The maximum Gasteiger partial charge on any atom is 0.203 e. The van der Waals surface area contributed by atoms with E-state index in [1.54, 1.807) is 7.11 Å². The molecule has 2 heterocycles. The summed E-state index contributed by atoms with van der Waals surface area (Å²) >= 11 is 0. The normalized spacial score (nSPS) is 22.1. The van der Waals surface area contributed by atoms with Crippen molar-refractivity contribution in [3.63, 3.8) is 0 Å². The number of hydrogen-bond acceptors (Lipinski definition) is 5. The van der Waals surface area contributed by atoms with Gasteiger partial charge in [0.1, 0.15) is 13.2 Å². The molecule has 0 amide bonds. The Hall–Kier alpha value is -1.46. The second-order valence-electron chi connectivity index (χ2n) is 5.80. The zero-order valence-electron chi connectivity index (χ0n) is 12.9. The van der Waals surface area contributed by atoms with Crippen molar-refractivity contribution in [3.8, 4) is 17.2 Å². The van der Waals surface area contributed by atoms with Crippen LogP contribution >= 0.6 is 0 Å². The van der Waals surface area contributed by atoms with Crippen LogP contribution in [-0.2, 0) is 6.54 Å². The van der Waals surface area contributed by atoms with Gasteiger partial charge in [0, 0.05) is 19.1 Å². The van der Waals surface area contributed by atoms with E-state index >= 15 is 0 Å². The number of methoxy groups -OCH3 is 1. The molecule has 2 aliphatic heterocycles. The second kappa shape index (κ2) is 6.54. The maximum absolute atomic E-state index is 5.67. The highest BCUT2D eigenvalue weighted by Crippen LogP contribution is 2.40. The minimum Gasteiger partial charge on any atom is -0.493 e. The highest BCUT2D eigenvalue weighted by atomic mass is 16.6. The van der Waals surface area contributed by atoms with Crippen molar-refractivity contribution in [3.05, 3.63) is 17.7 Å². The fourth-order valence-electron chi connectivity index (χ4n) is 3.02. The number of rotatable bonds is 4. The van der Waals surface area contributed by atoms with E-state index < -0.39 is 0 Å². The van der Waals surface area contributed by atoms with Gasteiger partial charge in [0.25, 0.3) is 0 Å². The summed E-state index contributed by atoms with van der Waals surface area (Å²) in [7, 11) is 3.85. The Kier molecular flexibility index (Phi) is 4.51. The Morgan fingerprint density at radius 1 is 1.33 bits per heavy atom. The van der Waals surface area contributed by atoms with Gasteiger partial charge in [-0.15, -0.1) is 0 Å². The average molecular weight is 292 g/mol. The van der Waals surface area contributed by atoms with E-state index in [9.17, 15) is 0 Å². The molecule has 1 N–H and O–H groups in total. The predicted molar refractivity (Wildman–Crippen MR) is 81.3 cm³/mol. The molecule has 5 nitrogen and oxygen atoms in total. The first kappa shape index (κ1) is 14.5. The SMILES string of the molecule is COc1cc(CN[C@@H]2CCCN(C)C2)cc2c1OCCO2. The van der Waals surface area contributed by atoms with E-state index in [1.165, 1.54) is 24.9 Å². The average Bonchev–Trinajstić information content (AvgIpc) is 2.52. The Balaban J connectivity index is 1.67. The number of likely N-dealkylation sites (tertiary alicyclic amines) is 1. The lowest BCUT2D eigenvalue weighted by molar-refractivity contribution is 0.164. The predicted octanol–water partition coefficient (Wildman–Crippen LogP) is 1.65. The summed E-state index contributed by atoms with van der Waals surface area (Å²) in [4.78, 5) is 2.38. The Labute approximate surface area is 126 Å². The zero-order chi connectivity index (χ0) is 14.7. The fraction of sp³-hybridized carbons (Fsp3) is 0.625. The van der Waals surface area contributed by atoms with Crippen LogP contribution in [0.5, 0.6) is 17.2 Å². The van der Waals surface area contributed by atoms with Crippen molar-refractivity contribution < 1.29 is 14.2 Å². The van der Waals surface area contributed by atoms with Gasteiger partial charge in [0.15, 0.2) is 11.5 Å². The summed E-state index contributed by atoms with van der Waals surface area (Å²) in [6.07, 6.45) is 2.50. The molecule has 0 aliphatic carbocycles. The third-order valence-corrected chi connectivity index (χ3v) is 4.11. The van der Waals surface area contributed by atoms with Crippen LogP contribution in [0.3, 0.4) is 0 Å². The van der Waals surface area contributed by atoms with Crippen LogP contribution in [0.2, 0.25) is 0 Å². The van der Waals surface area contributed by atoms with Crippen molar-refractivity contribution in [1.82, 2.24) is 10.2 Å². The van der Waals surface area contributed by atoms with E-state index in [2.05, 4.69) is 23.3 Å².